The van der Waals surface area contributed by atoms with Gasteiger partial charge in [0, 0.05) is 13.7 Å². The highest BCUT2D eigenvalue weighted by atomic mass is 31.2. The summed E-state index contributed by atoms with van der Waals surface area (Å²) in [7, 11) is 3.48. The van der Waals surface area contributed by atoms with E-state index in [-0.39, 0.29) is 19.3 Å². The number of hydrogen-bond acceptors (Lipinski definition) is 5. The molecule has 0 amide bonds. The van der Waals surface area contributed by atoms with Crippen LogP contribution in [-0.2, 0) is 23.1 Å². The van der Waals surface area contributed by atoms with E-state index in [1.165, 1.54) is 77.0 Å². The van der Waals surface area contributed by atoms with Gasteiger partial charge in [-0.1, -0.05) is 90.4 Å². The van der Waals surface area contributed by atoms with E-state index in [9.17, 15) is 9.46 Å². The Labute approximate surface area is 204 Å². The minimum absolute atomic E-state index is 0.0232. The van der Waals surface area contributed by atoms with Crippen LogP contribution in [0, 0.1) is 0 Å². The van der Waals surface area contributed by atoms with Gasteiger partial charge >= 0.3 is 7.82 Å². The van der Waals surface area contributed by atoms with Crippen LogP contribution in [0.3, 0.4) is 0 Å². The van der Waals surface area contributed by atoms with Crippen molar-refractivity contribution >= 4 is 7.82 Å². The van der Waals surface area contributed by atoms with Crippen LogP contribution in [0.2, 0.25) is 0 Å². The van der Waals surface area contributed by atoms with Gasteiger partial charge in [-0.3, -0.25) is 9.05 Å². The third-order valence-corrected chi connectivity index (χ3v) is 6.63. The third kappa shape index (κ3) is 24.9. The first-order valence-corrected chi connectivity index (χ1v) is 14.7. The molecule has 0 aromatic rings. The maximum absolute atomic E-state index is 12.0. The van der Waals surface area contributed by atoms with Crippen LogP contribution in [0.1, 0.15) is 96.8 Å². The van der Waals surface area contributed by atoms with Crippen LogP contribution in [0.4, 0.5) is 0 Å². The lowest BCUT2D eigenvalue weighted by atomic mass is 10.0. The second kappa shape index (κ2) is 21.3. The van der Waals surface area contributed by atoms with E-state index in [1.807, 2.05) is 21.1 Å². The molecule has 0 rings (SSSR count). The lowest BCUT2D eigenvalue weighted by molar-refractivity contribution is -0.870. The molecule has 0 aliphatic rings. The number of quaternary nitrogens is 1. The Hall–Kier alpha value is -0.0100. The molecular formula is C25H55NO6P+. The highest BCUT2D eigenvalue weighted by molar-refractivity contribution is 7.47. The van der Waals surface area contributed by atoms with Gasteiger partial charge in [0.15, 0.2) is 0 Å². The van der Waals surface area contributed by atoms with E-state index in [2.05, 4.69) is 6.92 Å². The van der Waals surface area contributed by atoms with Crippen LogP contribution in [-0.4, -0.2) is 76.7 Å². The molecule has 0 saturated heterocycles. The van der Waals surface area contributed by atoms with E-state index in [0.717, 1.165) is 12.8 Å². The van der Waals surface area contributed by atoms with Crippen molar-refractivity contribution in [2.75, 3.05) is 61.2 Å². The lowest BCUT2D eigenvalue weighted by Gasteiger charge is -2.24. The van der Waals surface area contributed by atoms with Crippen molar-refractivity contribution in [3.8, 4) is 0 Å². The number of methoxy groups -OCH3 is 1. The van der Waals surface area contributed by atoms with Crippen molar-refractivity contribution in [2.45, 2.75) is 103 Å². The van der Waals surface area contributed by atoms with Crippen molar-refractivity contribution in [2.24, 2.45) is 0 Å². The Kier molecular flexibility index (Phi) is 21.3. The second-order valence-corrected chi connectivity index (χ2v) is 11.6. The molecule has 8 heteroatoms. The van der Waals surface area contributed by atoms with Gasteiger partial charge in [-0.15, -0.1) is 0 Å². The second-order valence-electron chi connectivity index (χ2n) is 10.2. The zero-order valence-corrected chi connectivity index (χ0v) is 23.3. The van der Waals surface area contributed by atoms with Gasteiger partial charge in [0.1, 0.15) is 19.3 Å². The summed E-state index contributed by atoms with van der Waals surface area (Å²) in [6.45, 7) is 3.94. The summed E-state index contributed by atoms with van der Waals surface area (Å²) in [5.41, 5.74) is 0. The summed E-state index contributed by atoms with van der Waals surface area (Å²) in [5, 5.41) is 0. The summed E-state index contributed by atoms with van der Waals surface area (Å²) in [5.74, 6) is 0. The molecule has 0 fully saturated rings. The fraction of sp³-hybridized carbons (Fsp3) is 1.00. The maximum atomic E-state index is 12.0. The smallest absolute Gasteiger partial charge is 0.382 e. The van der Waals surface area contributed by atoms with E-state index in [0.29, 0.717) is 24.2 Å². The molecule has 0 spiro atoms. The number of unbranched alkanes of at least 4 members (excludes halogenated alkanes) is 13. The topological polar surface area (TPSA) is 74.2 Å². The number of nitrogens with zero attached hydrogens (tertiary/aromatic N) is 1. The number of ether oxygens (including phenoxy) is 2. The van der Waals surface area contributed by atoms with Crippen molar-refractivity contribution in [3.05, 3.63) is 0 Å². The van der Waals surface area contributed by atoms with Crippen LogP contribution >= 0.6 is 7.82 Å². The summed E-state index contributed by atoms with van der Waals surface area (Å²) in [4.78, 5) is 9.84. The number of hydrogen-bond donors (Lipinski definition) is 1. The minimum atomic E-state index is -4.08. The first-order chi connectivity index (χ1) is 15.7. The fourth-order valence-corrected chi connectivity index (χ4v) is 4.26. The fourth-order valence-electron chi connectivity index (χ4n) is 3.52. The molecule has 0 heterocycles. The Morgan fingerprint density at radius 3 is 1.67 bits per heavy atom. The predicted molar refractivity (Wildman–Crippen MR) is 137 cm³/mol. The highest BCUT2D eigenvalue weighted by Crippen LogP contribution is 2.43. The third-order valence-electron chi connectivity index (χ3n) is 5.64. The summed E-state index contributed by atoms with van der Waals surface area (Å²) < 4.78 is 33.8. The first-order valence-electron chi connectivity index (χ1n) is 13.2. The number of phosphoric ester groups is 1. The standard InChI is InChI=1S/C25H54NO6P/c1-6-7-8-9-10-11-12-13-14-15-16-17-18-19-21-30-25(23-29-5)24-32-33(27,28)31-22-20-26(2,3)4/h25H,6-24H2,1-5H3/p+1. The van der Waals surface area contributed by atoms with Crippen LogP contribution < -0.4 is 0 Å². The van der Waals surface area contributed by atoms with Crippen molar-refractivity contribution < 1.29 is 32.5 Å². The Morgan fingerprint density at radius 2 is 1.21 bits per heavy atom. The summed E-state index contributed by atoms with van der Waals surface area (Å²) in [6.07, 6.45) is 18.1. The molecule has 33 heavy (non-hydrogen) atoms. The normalized spacial score (nSPS) is 15.0. The average molecular weight is 497 g/mol. The molecule has 2 atom stereocenters. The van der Waals surface area contributed by atoms with Gasteiger partial charge in [-0.05, 0) is 6.42 Å². The Balaban J connectivity index is 3.68. The Morgan fingerprint density at radius 1 is 0.727 bits per heavy atom. The number of likely N-dealkylation sites (N-methyl/N-ethyl adjacent to an activating group) is 1. The van der Waals surface area contributed by atoms with Gasteiger partial charge in [0.2, 0.25) is 0 Å². The summed E-state index contributed by atoms with van der Waals surface area (Å²) in [6, 6.07) is 0. The molecule has 200 valence electrons. The van der Waals surface area contributed by atoms with E-state index in [1.54, 1.807) is 7.11 Å². The molecule has 0 saturated carbocycles. The van der Waals surface area contributed by atoms with Gasteiger partial charge in [-0.2, -0.15) is 0 Å². The predicted octanol–water partition coefficient (Wildman–Crippen LogP) is 6.34. The monoisotopic (exact) mass is 496 g/mol. The molecule has 0 aromatic heterocycles. The molecule has 0 aliphatic carbocycles. The number of phosphoric acid groups is 1. The van der Waals surface area contributed by atoms with Gasteiger partial charge in [0.25, 0.3) is 0 Å². The molecule has 1 N–H and O–H groups in total. The zero-order valence-electron chi connectivity index (χ0n) is 22.4. The van der Waals surface area contributed by atoms with Gasteiger partial charge < -0.3 is 18.9 Å². The number of rotatable bonds is 25. The molecule has 0 bridgehead atoms. The Bertz CT molecular complexity index is 472. The molecule has 2 unspecified atom stereocenters. The van der Waals surface area contributed by atoms with Crippen molar-refractivity contribution in [1.29, 1.82) is 0 Å². The van der Waals surface area contributed by atoms with Gasteiger partial charge in [0.05, 0.1) is 34.4 Å². The molecule has 0 aromatic carbocycles. The summed E-state index contributed by atoms with van der Waals surface area (Å²) >= 11 is 0. The lowest BCUT2D eigenvalue weighted by Crippen LogP contribution is -2.37. The van der Waals surface area contributed by atoms with Crippen LogP contribution in [0.15, 0.2) is 0 Å². The first kappa shape index (κ1) is 33.0. The molecule has 7 nitrogen and oxygen atoms in total. The maximum Gasteiger partial charge on any atom is 0.472 e. The SMILES string of the molecule is CCCCCCCCCCCCCCCCOC(COC)COP(=O)(O)OCC[N+](C)(C)C. The van der Waals surface area contributed by atoms with E-state index < -0.39 is 7.82 Å². The van der Waals surface area contributed by atoms with Crippen LogP contribution in [0.5, 0.6) is 0 Å². The quantitative estimate of drug-likeness (QED) is 0.0903. The molecule has 0 aliphatic heterocycles. The van der Waals surface area contributed by atoms with Gasteiger partial charge in [-0.25, -0.2) is 4.57 Å². The largest absolute Gasteiger partial charge is 0.472 e. The molecule has 0 radical (unpaired) electrons. The van der Waals surface area contributed by atoms with Crippen molar-refractivity contribution in [3.63, 3.8) is 0 Å². The van der Waals surface area contributed by atoms with E-state index in [4.69, 9.17) is 18.5 Å². The van der Waals surface area contributed by atoms with Crippen molar-refractivity contribution in [1.82, 2.24) is 0 Å². The van der Waals surface area contributed by atoms with Crippen LogP contribution in [0.25, 0.3) is 0 Å². The minimum Gasteiger partial charge on any atom is -0.382 e. The average Bonchev–Trinajstić information content (AvgIpc) is 2.73. The highest BCUT2D eigenvalue weighted by Gasteiger charge is 2.24. The zero-order chi connectivity index (χ0) is 24.8. The molecular weight excluding hydrogens is 441 g/mol. The van der Waals surface area contributed by atoms with E-state index >= 15 is 0 Å².